The number of rotatable bonds is 8. The van der Waals surface area contributed by atoms with E-state index in [2.05, 4.69) is 4.98 Å². The van der Waals surface area contributed by atoms with Gasteiger partial charge in [0.05, 0.1) is 26.7 Å². The highest BCUT2D eigenvalue weighted by Gasteiger charge is 2.27. The van der Waals surface area contributed by atoms with Crippen molar-refractivity contribution in [3.8, 4) is 34.1 Å². The van der Waals surface area contributed by atoms with Gasteiger partial charge in [0, 0.05) is 34.9 Å². The highest BCUT2D eigenvalue weighted by Crippen LogP contribution is 2.42. The third-order valence-corrected chi connectivity index (χ3v) is 6.92. The number of nitrogens with two attached hydrogens (primary N) is 1. The molecule has 2 N–H and O–H groups in total. The number of aromatic nitrogens is 2. The maximum atomic E-state index is 14.2. The molecule has 0 saturated carbocycles. The Balaban J connectivity index is 0.00000253. The third kappa shape index (κ3) is 6.49. The van der Waals surface area contributed by atoms with Gasteiger partial charge < -0.3 is 24.7 Å². The summed E-state index contributed by atoms with van der Waals surface area (Å²) in [6.07, 6.45) is 3.39. The normalized spacial score (nSPS) is 10.3. The van der Waals surface area contributed by atoms with Gasteiger partial charge in [-0.1, -0.05) is 17.7 Å². The summed E-state index contributed by atoms with van der Waals surface area (Å²) in [5, 5.41) is 1.06. The van der Waals surface area contributed by atoms with E-state index in [9.17, 15) is 9.59 Å². The van der Waals surface area contributed by atoms with Crippen molar-refractivity contribution in [3.63, 3.8) is 0 Å². The summed E-state index contributed by atoms with van der Waals surface area (Å²) < 4.78 is 23.5. The summed E-state index contributed by atoms with van der Waals surface area (Å²) in [5.74, 6) is 0.393. The molecule has 0 aliphatic heterocycles. The van der Waals surface area contributed by atoms with E-state index in [4.69, 9.17) is 36.3 Å². The quantitative estimate of drug-likeness (QED) is 0.150. The van der Waals surface area contributed by atoms with Gasteiger partial charge in [0.15, 0.2) is 0 Å². The molecule has 0 aliphatic carbocycles. The molecule has 5 rings (SSSR count). The van der Waals surface area contributed by atoms with Gasteiger partial charge in [0.2, 0.25) is 0 Å². The number of carbonyl (C=O) groups is 1. The minimum atomic E-state index is -0.722. The van der Waals surface area contributed by atoms with Crippen LogP contribution in [0.2, 0.25) is 5.02 Å². The predicted octanol–water partition coefficient (Wildman–Crippen LogP) is 6.51. The van der Waals surface area contributed by atoms with Crippen molar-refractivity contribution in [1.29, 1.82) is 0 Å². The maximum absolute atomic E-state index is 14.2. The Morgan fingerprint density at radius 3 is 2.19 bits per heavy atom. The Morgan fingerprint density at radius 2 is 1.60 bits per heavy atom. The zero-order chi connectivity index (χ0) is 29.1. The van der Waals surface area contributed by atoms with E-state index in [0.29, 0.717) is 50.5 Å². The van der Waals surface area contributed by atoms with Gasteiger partial charge in [-0.15, -0.1) is 24.8 Å². The molecule has 2 heterocycles. The second kappa shape index (κ2) is 14.2. The van der Waals surface area contributed by atoms with E-state index in [1.54, 1.807) is 67.0 Å². The molecule has 0 spiro atoms. The molecule has 0 amide bonds. The average Bonchev–Trinajstić information content (AvgIpc) is 3.01. The van der Waals surface area contributed by atoms with Crippen molar-refractivity contribution in [2.75, 3.05) is 27.1 Å². The molecule has 0 aliphatic rings. The number of hydrogen-bond acceptors (Lipinski definition) is 8. The number of ether oxygens (including phenoxy) is 4. The van der Waals surface area contributed by atoms with Crippen LogP contribution < -0.4 is 25.5 Å². The molecule has 0 unspecified atom stereocenters. The highest BCUT2D eigenvalue weighted by atomic mass is 35.5. The SMILES string of the molecule is COC(=O)c1c(-c2cc(OC)c(Cl)c(OC)c2)c2ccc(OCc3cccnc3)cc2c(=O)n1-c1ccc(N)cc1.Cl.Cl. The maximum Gasteiger partial charge on any atom is 0.355 e. The number of methoxy groups -OCH3 is 3. The van der Waals surface area contributed by atoms with Gasteiger partial charge in [-0.05, 0) is 71.6 Å². The molecular weight excluding hydrogens is 617 g/mol. The number of carbonyl (C=O) groups excluding carboxylic acids is 1. The lowest BCUT2D eigenvalue weighted by Crippen LogP contribution is -2.27. The average molecular weight is 645 g/mol. The standard InChI is InChI=1S/C31H26ClN3O6.2ClH/c1-38-25-13-19(14-26(39-2)28(25)32)27-23-11-10-22(41-17-18-5-4-12-34-16-18)15-24(23)30(36)35(29(27)31(37)40-3)21-8-6-20(33)7-9-21;;/h4-16H,17,33H2,1-3H3;2*1H. The fraction of sp³-hybridized carbons (Fsp3) is 0.129. The largest absolute Gasteiger partial charge is 0.495 e. The number of anilines is 1. The Hall–Kier alpha value is -4.44. The highest BCUT2D eigenvalue weighted by molar-refractivity contribution is 6.33. The summed E-state index contributed by atoms with van der Waals surface area (Å²) in [4.78, 5) is 31.7. The van der Waals surface area contributed by atoms with Gasteiger partial charge in [-0.25, -0.2) is 4.79 Å². The second-order valence-electron chi connectivity index (χ2n) is 9.00. The van der Waals surface area contributed by atoms with E-state index >= 15 is 0 Å². The minimum Gasteiger partial charge on any atom is -0.495 e. The van der Waals surface area contributed by atoms with Crippen molar-refractivity contribution in [2.45, 2.75) is 6.61 Å². The van der Waals surface area contributed by atoms with Crippen LogP contribution in [-0.2, 0) is 11.3 Å². The van der Waals surface area contributed by atoms with Crippen molar-refractivity contribution in [1.82, 2.24) is 9.55 Å². The van der Waals surface area contributed by atoms with Crippen LogP contribution in [0.4, 0.5) is 5.69 Å². The molecule has 0 saturated heterocycles. The molecular formula is C31H28Cl3N3O6. The van der Waals surface area contributed by atoms with Crippen LogP contribution in [0, 0.1) is 0 Å². The van der Waals surface area contributed by atoms with Crippen LogP contribution in [0.15, 0.2) is 83.9 Å². The van der Waals surface area contributed by atoms with Gasteiger partial charge in [0.25, 0.3) is 5.56 Å². The van der Waals surface area contributed by atoms with Crippen LogP contribution in [-0.4, -0.2) is 36.8 Å². The molecule has 9 nitrogen and oxygen atoms in total. The van der Waals surface area contributed by atoms with Crippen molar-refractivity contribution < 1.29 is 23.7 Å². The van der Waals surface area contributed by atoms with E-state index in [0.717, 1.165) is 5.56 Å². The first-order valence-corrected chi connectivity index (χ1v) is 12.8. The summed E-state index contributed by atoms with van der Waals surface area (Å²) in [6.45, 7) is 0.254. The molecule has 43 heavy (non-hydrogen) atoms. The van der Waals surface area contributed by atoms with Crippen LogP contribution in [0.1, 0.15) is 16.1 Å². The van der Waals surface area contributed by atoms with Crippen molar-refractivity contribution in [3.05, 3.63) is 106 Å². The molecule has 0 radical (unpaired) electrons. The summed E-state index contributed by atoms with van der Waals surface area (Å²) >= 11 is 6.46. The predicted molar refractivity (Wildman–Crippen MR) is 172 cm³/mol. The molecule has 0 atom stereocenters. The first-order valence-electron chi connectivity index (χ1n) is 12.5. The number of hydrogen-bond donors (Lipinski definition) is 1. The van der Waals surface area contributed by atoms with Crippen LogP contribution in [0.5, 0.6) is 17.2 Å². The number of nitrogen functional groups attached to an aromatic ring is 1. The van der Waals surface area contributed by atoms with Crippen molar-refractivity contribution in [2.24, 2.45) is 0 Å². The number of fused-ring (bicyclic) bond motifs is 1. The monoisotopic (exact) mass is 643 g/mol. The molecule has 5 aromatic rings. The topological polar surface area (TPSA) is 115 Å². The minimum absolute atomic E-state index is 0. The first-order chi connectivity index (χ1) is 19.9. The van der Waals surface area contributed by atoms with Crippen LogP contribution in [0.3, 0.4) is 0 Å². The fourth-order valence-corrected chi connectivity index (χ4v) is 4.85. The number of nitrogens with zero attached hydrogens (tertiary/aromatic N) is 2. The number of pyridine rings is 2. The Labute approximate surface area is 264 Å². The Kier molecular flexibility index (Phi) is 10.9. The van der Waals surface area contributed by atoms with Crippen LogP contribution >= 0.6 is 36.4 Å². The van der Waals surface area contributed by atoms with E-state index in [1.807, 2.05) is 12.1 Å². The Bertz CT molecular complexity index is 1790. The molecule has 2 aromatic heterocycles. The molecule has 12 heteroatoms. The van der Waals surface area contributed by atoms with Gasteiger partial charge in [-0.3, -0.25) is 14.3 Å². The second-order valence-corrected chi connectivity index (χ2v) is 9.38. The van der Waals surface area contributed by atoms with Crippen LogP contribution in [0.25, 0.3) is 27.6 Å². The zero-order valence-electron chi connectivity index (χ0n) is 23.3. The van der Waals surface area contributed by atoms with Gasteiger partial charge >= 0.3 is 5.97 Å². The molecule has 0 bridgehead atoms. The van der Waals surface area contributed by atoms with Gasteiger partial charge in [-0.2, -0.15) is 0 Å². The zero-order valence-corrected chi connectivity index (χ0v) is 25.7. The van der Waals surface area contributed by atoms with Gasteiger partial charge in [0.1, 0.15) is 34.6 Å². The molecule has 3 aromatic carbocycles. The number of halogens is 3. The number of benzene rings is 3. The van der Waals surface area contributed by atoms with E-state index in [1.165, 1.54) is 25.9 Å². The van der Waals surface area contributed by atoms with Crippen molar-refractivity contribution >= 4 is 58.8 Å². The molecule has 224 valence electrons. The summed E-state index contributed by atoms with van der Waals surface area (Å²) in [7, 11) is 4.21. The van der Waals surface area contributed by atoms with E-state index < -0.39 is 11.5 Å². The smallest absolute Gasteiger partial charge is 0.355 e. The fourth-order valence-electron chi connectivity index (χ4n) is 4.59. The lowest BCUT2D eigenvalue weighted by molar-refractivity contribution is 0.0591. The molecule has 0 fully saturated rings. The third-order valence-electron chi connectivity index (χ3n) is 6.55. The first kappa shape index (κ1) is 33.1. The Morgan fingerprint density at radius 1 is 0.930 bits per heavy atom. The number of esters is 1. The summed E-state index contributed by atoms with van der Waals surface area (Å²) in [5.41, 5.74) is 8.19. The van der Waals surface area contributed by atoms with E-state index in [-0.39, 0.29) is 42.1 Å². The summed E-state index contributed by atoms with van der Waals surface area (Å²) in [6, 6.07) is 18.8. The lowest BCUT2D eigenvalue weighted by atomic mass is 9.95. The lowest BCUT2D eigenvalue weighted by Gasteiger charge is -2.20.